The molecule has 1 amide bonds. The lowest BCUT2D eigenvalue weighted by atomic mass is 9.95. The van der Waals surface area contributed by atoms with E-state index in [9.17, 15) is 4.79 Å². The molecule has 4 heteroatoms. The third-order valence-electron chi connectivity index (χ3n) is 4.33. The molecule has 2 fully saturated rings. The molecule has 2 heterocycles. The molecule has 4 nitrogen and oxygen atoms in total. The number of fused-ring (bicyclic) bond motifs is 2. The summed E-state index contributed by atoms with van der Waals surface area (Å²) in [6.45, 7) is 10.3. The first-order chi connectivity index (χ1) is 8.70. The number of hydrogen-bond donors (Lipinski definition) is 0. The van der Waals surface area contributed by atoms with Crippen molar-refractivity contribution < 1.29 is 9.53 Å². The summed E-state index contributed by atoms with van der Waals surface area (Å²) in [4.78, 5) is 16.6. The van der Waals surface area contributed by atoms with Crippen LogP contribution in [0, 0.1) is 0 Å². The van der Waals surface area contributed by atoms with Crippen LogP contribution < -0.4 is 0 Å². The van der Waals surface area contributed by atoms with Crippen LogP contribution in [-0.4, -0.2) is 52.7 Å². The number of nitrogens with zero attached hydrogens (tertiary/aromatic N) is 2. The fraction of sp³-hybridized carbons (Fsp3) is 0.933. The first kappa shape index (κ1) is 14.6. The minimum Gasteiger partial charge on any atom is -0.444 e. The summed E-state index contributed by atoms with van der Waals surface area (Å²) in [6, 6.07) is 2.05. The molecule has 0 spiro atoms. The Morgan fingerprint density at radius 3 is 2.42 bits per heavy atom. The summed E-state index contributed by atoms with van der Waals surface area (Å²) in [5.74, 6) is 0. The third kappa shape index (κ3) is 2.88. The van der Waals surface area contributed by atoms with Gasteiger partial charge in [0.05, 0.1) is 6.04 Å². The second-order valence-corrected chi connectivity index (χ2v) is 7.23. The van der Waals surface area contributed by atoms with E-state index in [1.807, 2.05) is 32.7 Å². The van der Waals surface area contributed by atoms with Crippen molar-refractivity contribution in [3.8, 4) is 0 Å². The van der Waals surface area contributed by atoms with Gasteiger partial charge in [0, 0.05) is 25.2 Å². The van der Waals surface area contributed by atoms with Crippen molar-refractivity contribution >= 4 is 6.09 Å². The molecule has 0 saturated carbocycles. The zero-order valence-corrected chi connectivity index (χ0v) is 13.1. The summed E-state index contributed by atoms with van der Waals surface area (Å²) >= 11 is 0. The average Bonchev–Trinajstić information content (AvgIpc) is 2.82. The molecule has 3 atom stereocenters. The number of hydrogen-bond acceptors (Lipinski definition) is 3. The van der Waals surface area contributed by atoms with E-state index in [0.29, 0.717) is 24.2 Å². The smallest absolute Gasteiger partial charge is 0.410 e. The van der Waals surface area contributed by atoms with Crippen molar-refractivity contribution in [2.24, 2.45) is 0 Å². The van der Waals surface area contributed by atoms with Crippen molar-refractivity contribution in [2.45, 2.75) is 83.6 Å². The van der Waals surface area contributed by atoms with Crippen LogP contribution in [-0.2, 0) is 4.74 Å². The standard InChI is InChI=1S/C15H28N2O2/c1-10(2)17-11-7-8-12(17)13(9-11)16(6)14(18)19-15(3,4)5/h10-13H,7-9H2,1-6H3. The Hall–Kier alpha value is -0.770. The van der Waals surface area contributed by atoms with Crippen LogP contribution in [0.4, 0.5) is 4.79 Å². The molecule has 0 N–H and O–H groups in total. The van der Waals surface area contributed by atoms with Crippen LogP contribution in [0.15, 0.2) is 0 Å². The van der Waals surface area contributed by atoms with Crippen molar-refractivity contribution in [1.29, 1.82) is 0 Å². The molecule has 3 unspecified atom stereocenters. The molecule has 19 heavy (non-hydrogen) atoms. The van der Waals surface area contributed by atoms with Gasteiger partial charge in [-0.05, 0) is 53.9 Å². The molecule has 110 valence electrons. The van der Waals surface area contributed by atoms with E-state index in [1.165, 1.54) is 12.8 Å². The second-order valence-electron chi connectivity index (χ2n) is 7.23. The van der Waals surface area contributed by atoms with E-state index in [-0.39, 0.29) is 6.09 Å². The van der Waals surface area contributed by atoms with Gasteiger partial charge in [0.15, 0.2) is 0 Å². The van der Waals surface area contributed by atoms with Crippen molar-refractivity contribution in [3.05, 3.63) is 0 Å². The fourth-order valence-corrected chi connectivity index (χ4v) is 3.69. The summed E-state index contributed by atoms with van der Waals surface area (Å²) in [5, 5.41) is 0. The lowest BCUT2D eigenvalue weighted by Crippen LogP contribution is -2.47. The highest BCUT2D eigenvalue weighted by Gasteiger charge is 2.49. The van der Waals surface area contributed by atoms with Crippen LogP contribution in [0.1, 0.15) is 53.9 Å². The van der Waals surface area contributed by atoms with Crippen LogP contribution in [0.25, 0.3) is 0 Å². The summed E-state index contributed by atoms with van der Waals surface area (Å²) in [6.07, 6.45) is 3.40. The molecular weight excluding hydrogens is 240 g/mol. The van der Waals surface area contributed by atoms with Gasteiger partial charge in [0.25, 0.3) is 0 Å². The topological polar surface area (TPSA) is 32.8 Å². The quantitative estimate of drug-likeness (QED) is 0.772. The zero-order valence-electron chi connectivity index (χ0n) is 13.1. The van der Waals surface area contributed by atoms with Gasteiger partial charge >= 0.3 is 6.09 Å². The van der Waals surface area contributed by atoms with Gasteiger partial charge in [-0.1, -0.05) is 0 Å². The summed E-state index contributed by atoms with van der Waals surface area (Å²) < 4.78 is 5.48. The lowest BCUT2D eigenvalue weighted by Gasteiger charge is -2.34. The Balaban J connectivity index is 2.02. The third-order valence-corrected chi connectivity index (χ3v) is 4.33. The number of amides is 1. The Bertz CT molecular complexity index is 349. The van der Waals surface area contributed by atoms with E-state index >= 15 is 0 Å². The number of ether oxygens (including phenoxy) is 1. The van der Waals surface area contributed by atoms with Gasteiger partial charge in [0.2, 0.25) is 0 Å². The Kier molecular flexibility index (Phi) is 3.83. The van der Waals surface area contributed by atoms with E-state index in [1.54, 1.807) is 0 Å². The summed E-state index contributed by atoms with van der Waals surface area (Å²) in [7, 11) is 1.89. The zero-order chi connectivity index (χ0) is 14.4. The molecule has 0 radical (unpaired) electrons. The molecule has 0 aromatic carbocycles. The number of carbonyl (C=O) groups is 1. The molecular formula is C15H28N2O2. The van der Waals surface area contributed by atoms with Gasteiger partial charge in [-0.2, -0.15) is 0 Å². The number of rotatable bonds is 2. The molecule has 2 aliphatic rings. The van der Waals surface area contributed by atoms with E-state index < -0.39 is 5.60 Å². The van der Waals surface area contributed by atoms with Crippen LogP contribution >= 0.6 is 0 Å². The van der Waals surface area contributed by atoms with E-state index in [4.69, 9.17) is 4.74 Å². The highest BCUT2D eigenvalue weighted by Crippen LogP contribution is 2.41. The van der Waals surface area contributed by atoms with Crippen molar-refractivity contribution in [3.63, 3.8) is 0 Å². The average molecular weight is 268 g/mol. The second kappa shape index (κ2) is 4.97. The molecule has 0 aliphatic carbocycles. The maximum absolute atomic E-state index is 12.2. The Labute approximate surface area is 117 Å². The molecule has 2 rings (SSSR count). The van der Waals surface area contributed by atoms with Gasteiger partial charge in [-0.25, -0.2) is 4.79 Å². The van der Waals surface area contributed by atoms with Gasteiger partial charge < -0.3 is 9.64 Å². The normalized spacial score (nSPS) is 31.0. The SMILES string of the molecule is CC(C)N1C2CCC1C(N(C)C(=O)OC(C)(C)C)C2. The minimum atomic E-state index is -0.416. The monoisotopic (exact) mass is 268 g/mol. The molecule has 2 aliphatic heterocycles. The van der Waals surface area contributed by atoms with Crippen LogP contribution in [0.3, 0.4) is 0 Å². The highest BCUT2D eigenvalue weighted by atomic mass is 16.6. The molecule has 0 aromatic rings. The highest BCUT2D eigenvalue weighted by molar-refractivity contribution is 5.68. The first-order valence-corrected chi connectivity index (χ1v) is 7.44. The molecule has 0 aromatic heterocycles. The van der Waals surface area contributed by atoms with E-state index in [2.05, 4.69) is 18.7 Å². The van der Waals surface area contributed by atoms with Crippen molar-refractivity contribution in [1.82, 2.24) is 9.80 Å². The van der Waals surface area contributed by atoms with E-state index in [0.717, 1.165) is 6.42 Å². The van der Waals surface area contributed by atoms with Crippen molar-refractivity contribution in [2.75, 3.05) is 7.05 Å². The maximum atomic E-state index is 12.2. The van der Waals surface area contributed by atoms with Gasteiger partial charge in [-0.15, -0.1) is 0 Å². The summed E-state index contributed by atoms with van der Waals surface area (Å²) in [5.41, 5.74) is -0.416. The number of carbonyl (C=O) groups excluding carboxylic acids is 1. The predicted octanol–water partition coefficient (Wildman–Crippen LogP) is 2.87. The first-order valence-electron chi connectivity index (χ1n) is 7.44. The Morgan fingerprint density at radius 2 is 1.95 bits per heavy atom. The Morgan fingerprint density at radius 1 is 1.32 bits per heavy atom. The van der Waals surface area contributed by atoms with Gasteiger partial charge in [-0.3, -0.25) is 4.90 Å². The lowest BCUT2D eigenvalue weighted by molar-refractivity contribution is 0.0179. The fourth-order valence-electron chi connectivity index (χ4n) is 3.69. The van der Waals surface area contributed by atoms with Gasteiger partial charge in [0.1, 0.15) is 5.60 Å². The predicted molar refractivity (Wildman–Crippen MR) is 76.2 cm³/mol. The maximum Gasteiger partial charge on any atom is 0.410 e. The van der Waals surface area contributed by atoms with Crippen LogP contribution in [0.5, 0.6) is 0 Å². The van der Waals surface area contributed by atoms with Crippen LogP contribution in [0.2, 0.25) is 0 Å². The molecule has 2 bridgehead atoms. The minimum absolute atomic E-state index is 0.186. The largest absolute Gasteiger partial charge is 0.444 e. The molecule has 2 saturated heterocycles. The number of likely N-dealkylation sites (N-methyl/N-ethyl adjacent to an activating group) is 1.